The fourth-order valence-electron chi connectivity index (χ4n) is 2.69. The molecule has 0 aromatic carbocycles. The van der Waals surface area contributed by atoms with Crippen LogP contribution in [0.1, 0.15) is 19.8 Å². The lowest BCUT2D eigenvalue weighted by atomic mass is 9.83. The fraction of sp³-hybridized carbons (Fsp3) is 0.588. The summed E-state index contributed by atoms with van der Waals surface area (Å²) in [5.41, 5.74) is 1.40. The van der Waals surface area contributed by atoms with Gasteiger partial charge in [0, 0.05) is 13.1 Å². The molecule has 4 heteroatoms. The van der Waals surface area contributed by atoms with Gasteiger partial charge in [0.1, 0.15) is 5.76 Å². The van der Waals surface area contributed by atoms with Crippen molar-refractivity contribution in [3.63, 3.8) is 0 Å². The molecule has 4 nitrogen and oxygen atoms in total. The Labute approximate surface area is 127 Å². The first-order valence-electron chi connectivity index (χ1n) is 7.74. The average Bonchev–Trinajstić information content (AvgIpc) is 2.84. The van der Waals surface area contributed by atoms with Crippen LogP contribution in [0.5, 0.6) is 0 Å². The summed E-state index contributed by atoms with van der Waals surface area (Å²) in [4.78, 5) is 14.2. The minimum Gasteiger partial charge on any atom is -0.430 e. The molecular formula is C17H26N2O2. The van der Waals surface area contributed by atoms with Gasteiger partial charge in [-0.05, 0) is 38.9 Å². The Bertz CT molecular complexity index is 463. The maximum absolute atomic E-state index is 12.1. The summed E-state index contributed by atoms with van der Waals surface area (Å²) in [6.07, 6.45) is 10.4. The molecule has 0 saturated heterocycles. The molecule has 0 fully saturated rings. The predicted molar refractivity (Wildman–Crippen MR) is 84.7 cm³/mol. The predicted octanol–water partition coefficient (Wildman–Crippen LogP) is 2.11. The molecule has 2 aliphatic rings. The highest BCUT2D eigenvalue weighted by Crippen LogP contribution is 2.32. The number of nitrogens with zero attached hydrogens (tertiary/aromatic N) is 1. The molecule has 0 bridgehead atoms. The Morgan fingerprint density at radius 1 is 1.43 bits per heavy atom. The number of ether oxygens (including phenoxy) is 1. The van der Waals surface area contributed by atoms with E-state index in [0.717, 1.165) is 31.7 Å². The molecule has 1 aliphatic carbocycles. The molecule has 1 aliphatic heterocycles. The van der Waals surface area contributed by atoms with Crippen molar-refractivity contribution >= 4 is 5.97 Å². The van der Waals surface area contributed by atoms with E-state index in [0.29, 0.717) is 6.54 Å². The number of likely N-dealkylation sites (N-methyl/N-ethyl adjacent to an activating group) is 1. The Kier molecular flexibility index (Phi) is 5.76. The van der Waals surface area contributed by atoms with E-state index in [4.69, 9.17) is 4.74 Å². The van der Waals surface area contributed by atoms with Crippen molar-refractivity contribution < 1.29 is 9.53 Å². The highest BCUT2D eigenvalue weighted by atomic mass is 16.5. The smallest absolute Gasteiger partial charge is 0.318 e. The highest BCUT2D eigenvalue weighted by Gasteiger charge is 2.33. The zero-order chi connectivity index (χ0) is 15.2. The van der Waals surface area contributed by atoms with E-state index in [-0.39, 0.29) is 17.8 Å². The molecule has 2 atom stereocenters. The lowest BCUT2D eigenvalue weighted by Crippen LogP contribution is -2.28. The van der Waals surface area contributed by atoms with Crippen LogP contribution in [0, 0.1) is 11.8 Å². The fourth-order valence-corrected chi connectivity index (χ4v) is 2.69. The number of carbonyl (C=O) groups is 1. The molecule has 0 aromatic heterocycles. The Morgan fingerprint density at radius 3 is 2.95 bits per heavy atom. The van der Waals surface area contributed by atoms with Gasteiger partial charge in [-0.3, -0.25) is 4.79 Å². The monoisotopic (exact) mass is 290 g/mol. The van der Waals surface area contributed by atoms with Crippen molar-refractivity contribution in [2.24, 2.45) is 11.8 Å². The first-order chi connectivity index (χ1) is 10.1. The Morgan fingerprint density at radius 2 is 2.24 bits per heavy atom. The average molecular weight is 290 g/mol. The van der Waals surface area contributed by atoms with Gasteiger partial charge >= 0.3 is 5.97 Å². The quantitative estimate of drug-likeness (QED) is 0.576. The van der Waals surface area contributed by atoms with Gasteiger partial charge in [0.05, 0.1) is 12.5 Å². The molecule has 2 unspecified atom stereocenters. The molecule has 0 amide bonds. The van der Waals surface area contributed by atoms with E-state index in [9.17, 15) is 4.79 Å². The number of cyclic esters (lactones) is 1. The lowest BCUT2D eigenvalue weighted by molar-refractivity contribution is -0.141. The molecule has 0 radical (unpaired) electrons. The van der Waals surface area contributed by atoms with Crippen LogP contribution in [0.2, 0.25) is 0 Å². The maximum atomic E-state index is 12.1. The van der Waals surface area contributed by atoms with Crippen LogP contribution in [-0.4, -0.2) is 44.6 Å². The van der Waals surface area contributed by atoms with Crippen LogP contribution in [-0.2, 0) is 9.53 Å². The summed E-state index contributed by atoms with van der Waals surface area (Å²) in [6.45, 7) is 4.65. The third-order valence-electron chi connectivity index (χ3n) is 4.01. The SMILES string of the molecule is CCC1=CC=CC(C2C=C(CNCCN(C)C)OC2=O)C1. The number of esters is 1. The molecule has 2 rings (SSSR count). The van der Waals surface area contributed by atoms with Gasteiger partial charge in [-0.25, -0.2) is 0 Å². The summed E-state index contributed by atoms with van der Waals surface area (Å²) < 4.78 is 5.40. The number of rotatable bonds is 7. The van der Waals surface area contributed by atoms with Gasteiger partial charge in [0.25, 0.3) is 0 Å². The topological polar surface area (TPSA) is 41.6 Å². The van der Waals surface area contributed by atoms with Gasteiger partial charge in [-0.2, -0.15) is 0 Å². The first-order valence-corrected chi connectivity index (χ1v) is 7.74. The minimum atomic E-state index is -0.123. The number of hydrogen-bond acceptors (Lipinski definition) is 4. The number of nitrogens with one attached hydrogen (secondary N) is 1. The van der Waals surface area contributed by atoms with Crippen LogP contribution in [0.25, 0.3) is 0 Å². The molecule has 1 heterocycles. The van der Waals surface area contributed by atoms with Crippen LogP contribution in [0.3, 0.4) is 0 Å². The summed E-state index contributed by atoms with van der Waals surface area (Å²) in [6, 6.07) is 0. The molecule has 0 spiro atoms. The van der Waals surface area contributed by atoms with Gasteiger partial charge in [0.2, 0.25) is 0 Å². The summed E-state index contributed by atoms with van der Waals surface area (Å²) >= 11 is 0. The van der Waals surface area contributed by atoms with Gasteiger partial charge in [-0.1, -0.05) is 30.7 Å². The number of allylic oxidation sites excluding steroid dienone is 4. The maximum Gasteiger partial charge on any atom is 0.318 e. The molecule has 0 aromatic rings. The van der Waals surface area contributed by atoms with Gasteiger partial charge in [-0.15, -0.1) is 0 Å². The first kappa shape index (κ1) is 16.0. The summed E-state index contributed by atoms with van der Waals surface area (Å²) in [5, 5.41) is 3.31. The summed E-state index contributed by atoms with van der Waals surface area (Å²) in [7, 11) is 4.08. The standard InChI is InChI=1S/C17H26N2O2/c1-4-13-6-5-7-14(10-13)16-11-15(21-17(16)20)12-18-8-9-19(2)3/h5-7,11,14,16,18H,4,8-10,12H2,1-3H3. The van der Waals surface area contributed by atoms with E-state index in [1.165, 1.54) is 5.57 Å². The Balaban J connectivity index is 1.85. The molecule has 0 saturated carbocycles. The molecule has 21 heavy (non-hydrogen) atoms. The van der Waals surface area contributed by atoms with Crippen molar-refractivity contribution in [3.8, 4) is 0 Å². The second-order valence-corrected chi connectivity index (χ2v) is 5.99. The van der Waals surface area contributed by atoms with Gasteiger partial charge < -0.3 is 15.0 Å². The zero-order valence-electron chi connectivity index (χ0n) is 13.3. The molecule has 116 valence electrons. The third kappa shape index (κ3) is 4.55. The largest absolute Gasteiger partial charge is 0.430 e. The molecular weight excluding hydrogens is 264 g/mol. The molecule has 1 N–H and O–H groups in total. The van der Waals surface area contributed by atoms with Crippen LogP contribution < -0.4 is 5.32 Å². The lowest BCUT2D eigenvalue weighted by Gasteiger charge is -2.20. The number of carbonyl (C=O) groups excluding carboxylic acids is 1. The van der Waals surface area contributed by atoms with E-state index < -0.39 is 0 Å². The zero-order valence-corrected chi connectivity index (χ0v) is 13.3. The highest BCUT2D eigenvalue weighted by molar-refractivity contribution is 5.79. The van der Waals surface area contributed by atoms with Crippen molar-refractivity contribution in [3.05, 3.63) is 35.6 Å². The van der Waals surface area contributed by atoms with Gasteiger partial charge in [0.15, 0.2) is 0 Å². The second-order valence-electron chi connectivity index (χ2n) is 5.99. The number of hydrogen-bond donors (Lipinski definition) is 1. The van der Waals surface area contributed by atoms with Crippen molar-refractivity contribution in [2.45, 2.75) is 19.8 Å². The van der Waals surface area contributed by atoms with Crippen molar-refractivity contribution in [1.29, 1.82) is 0 Å². The minimum absolute atomic E-state index is 0.105. The summed E-state index contributed by atoms with van der Waals surface area (Å²) in [5.74, 6) is 0.787. The third-order valence-corrected chi connectivity index (χ3v) is 4.01. The normalized spacial score (nSPS) is 25.0. The van der Waals surface area contributed by atoms with Crippen LogP contribution in [0.4, 0.5) is 0 Å². The van der Waals surface area contributed by atoms with Crippen molar-refractivity contribution in [1.82, 2.24) is 10.2 Å². The van der Waals surface area contributed by atoms with Crippen LogP contribution in [0.15, 0.2) is 35.6 Å². The van der Waals surface area contributed by atoms with E-state index in [1.807, 2.05) is 20.2 Å². The Hall–Kier alpha value is -1.39. The van der Waals surface area contributed by atoms with Crippen LogP contribution >= 0.6 is 0 Å². The van der Waals surface area contributed by atoms with E-state index in [1.54, 1.807) is 0 Å². The second kappa shape index (κ2) is 7.57. The van der Waals surface area contributed by atoms with E-state index in [2.05, 4.69) is 35.4 Å². The van der Waals surface area contributed by atoms with Crippen molar-refractivity contribution in [2.75, 3.05) is 33.7 Å². The van der Waals surface area contributed by atoms with E-state index >= 15 is 0 Å².